The monoisotopic (exact) mass is 411 g/mol. The minimum absolute atomic E-state index is 0. The number of amides is 2. The van der Waals surface area contributed by atoms with Crippen molar-refractivity contribution in [3.8, 4) is 0 Å². The summed E-state index contributed by atoms with van der Waals surface area (Å²) < 4.78 is 0. The quantitative estimate of drug-likeness (QED) is 0.340. The van der Waals surface area contributed by atoms with Crippen molar-refractivity contribution in [3.63, 3.8) is 0 Å². The maximum atomic E-state index is 12.6. The Hall–Kier alpha value is -1.71. The van der Waals surface area contributed by atoms with E-state index in [4.69, 9.17) is 5.11 Å². The Morgan fingerprint density at radius 2 is 1.86 bits per heavy atom. The summed E-state index contributed by atoms with van der Waals surface area (Å²) in [5.74, 6) is -1.83. The van der Waals surface area contributed by atoms with Crippen molar-refractivity contribution in [1.29, 1.82) is 0 Å². The molecule has 3 rings (SSSR count). The molecule has 0 saturated carbocycles. The van der Waals surface area contributed by atoms with Crippen LogP contribution in [0, 0.1) is 0 Å². The number of hydrogen-bond acceptors (Lipinski definition) is 5. The number of thiophene rings is 1. The summed E-state index contributed by atoms with van der Waals surface area (Å²) >= 11 is 1.63. The van der Waals surface area contributed by atoms with Gasteiger partial charge in [-0.25, -0.2) is 0 Å². The summed E-state index contributed by atoms with van der Waals surface area (Å²) in [6.07, 6.45) is 1.06. The molecule has 144 valence electrons. The molecule has 2 amide bonds. The van der Waals surface area contributed by atoms with E-state index in [1.165, 1.54) is 4.88 Å². The van der Waals surface area contributed by atoms with E-state index in [9.17, 15) is 14.4 Å². The normalized spacial score (nSPS) is 18.4. The second-order valence-corrected chi connectivity index (χ2v) is 7.36. The zero-order valence-corrected chi connectivity index (χ0v) is 15.4. The van der Waals surface area contributed by atoms with Crippen LogP contribution < -0.4 is 16.0 Å². The Labute approximate surface area is 189 Å². The van der Waals surface area contributed by atoms with Gasteiger partial charge >= 0.3 is 35.5 Å². The van der Waals surface area contributed by atoms with Crippen LogP contribution in [0.3, 0.4) is 0 Å². The van der Waals surface area contributed by atoms with Gasteiger partial charge in [-0.3, -0.25) is 19.7 Å². The summed E-state index contributed by atoms with van der Waals surface area (Å²) in [7, 11) is 0. The first-order valence-corrected chi connectivity index (χ1v) is 9.56. The Kier molecular flexibility index (Phi) is 8.65. The molecule has 0 spiro atoms. The zero-order valence-electron chi connectivity index (χ0n) is 14.6. The minimum atomic E-state index is -1.07. The third-order valence-corrected chi connectivity index (χ3v) is 5.23. The molecule has 2 heterocycles. The van der Waals surface area contributed by atoms with Gasteiger partial charge in [-0.05, 0) is 23.4 Å². The van der Waals surface area contributed by atoms with Gasteiger partial charge in [0.25, 0.3) is 0 Å². The molecule has 2 aromatic rings. The van der Waals surface area contributed by atoms with E-state index in [2.05, 4.69) is 16.0 Å². The van der Waals surface area contributed by atoms with Crippen LogP contribution >= 0.6 is 11.3 Å². The Morgan fingerprint density at radius 1 is 1.11 bits per heavy atom. The number of carbonyl (C=O) groups is 3. The predicted octanol–water partition coefficient (Wildman–Crippen LogP) is -0.0892. The molecule has 1 aromatic heterocycles. The number of nitrogens with one attached hydrogen (secondary N) is 3. The zero-order chi connectivity index (χ0) is 19.2. The van der Waals surface area contributed by atoms with Crippen molar-refractivity contribution in [1.82, 2.24) is 16.0 Å². The second-order valence-electron chi connectivity index (χ2n) is 6.33. The van der Waals surface area contributed by atoms with Crippen LogP contribution in [-0.2, 0) is 27.2 Å². The number of benzene rings is 1. The van der Waals surface area contributed by atoms with E-state index < -0.39 is 30.0 Å². The molecule has 0 bridgehead atoms. The first kappa shape index (κ1) is 22.6. The van der Waals surface area contributed by atoms with E-state index in [-0.39, 0.29) is 35.5 Å². The van der Waals surface area contributed by atoms with Crippen LogP contribution in [0.15, 0.2) is 47.8 Å². The van der Waals surface area contributed by atoms with E-state index >= 15 is 0 Å². The fraction of sp³-hybridized carbons (Fsp3) is 0.316. The summed E-state index contributed by atoms with van der Waals surface area (Å²) in [5, 5.41) is 19.1. The molecule has 0 aliphatic carbocycles. The molecule has 1 aromatic carbocycles. The first-order valence-electron chi connectivity index (χ1n) is 8.68. The fourth-order valence-corrected chi connectivity index (χ4v) is 3.50. The van der Waals surface area contributed by atoms with Gasteiger partial charge in [0.15, 0.2) is 0 Å². The Balaban J connectivity index is 0.00000280. The van der Waals surface area contributed by atoms with Crippen molar-refractivity contribution < 1.29 is 19.5 Å². The van der Waals surface area contributed by atoms with Gasteiger partial charge in [-0.1, -0.05) is 36.4 Å². The third kappa shape index (κ3) is 6.42. The van der Waals surface area contributed by atoms with Crippen molar-refractivity contribution >= 4 is 58.7 Å². The van der Waals surface area contributed by atoms with Crippen LogP contribution in [0.4, 0.5) is 0 Å². The molecule has 3 atom stereocenters. The summed E-state index contributed by atoms with van der Waals surface area (Å²) in [6.45, 7) is 0.472. The van der Waals surface area contributed by atoms with Crippen LogP contribution in [0.2, 0.25) is 0 Å². The van der Waals surface area contributed by atoms with E-state index in [1.54, 1.807) is 11.3 Å². The molecule has 7 nitrogen and oxygen atoms in total. The van der Waals surface area contributed by atoms with Gasteiger partial charge in [0.2, 0.25) is 11.8 Å². The molecular formula is C19H22N3NaO4S. The van der Waals surface area contributed by atoms with Gasteiger partial charge in [0.1, 0.15) is 18.1 Å². The maximum absolute atomic E-state index is 12.6. The first-order chi connectivity index (χ1) is 13.0. The second kappa shape index (κ2) is 10.7. The molecule has 9 heteroatoms. The van der Waals surface area contributed by atoms with Crippen molar-refractivity contribution in [2.75, 3.05) is 6.54 Å². The number of carboxylic acid groups (broad SMARTS) is 1. The van der Waals surface area contributed by atoms with Crippen molar-refractivity contribution in [3.05, 3.63) is 58.3 Å². The molecule has 28 heavy (non-hydrogen) atoms. The van der Waals surface area contributed by atoms with E-state index in [0.717, 1.165) is 12.0 Å². The van der Waals surface area contributed by atoms with Gasteiger partial charge in [0, 0.05) is 17.8 Å². The molecule has 0 radical (unpaired) electrons. The molecule has 1 aliphatic heterocycles. The van der Waals surface area contributed by atoms with Crippen LogP contribution in [0.25, 0.3) is 0 Å². The standard InChI is InChI=1S/C19H21N3O4S.Na.H/c23-17(20-9-8-13-7-4-10-27-13)14(11-12-5-2-1-3-6-12)21-18(24)15-16(22-15)19(25)26;;/h1-7,10,14-16,22H,8-9,11H2,(H,20,23)(H,21,24)(H,25,26);;/t14-,15-,16-;;/m0../s1. The average Bonchev–Trinajstić information content (AvgIpc) is 3.31. The summed E-state index contributed by atoms with van der Waals surface area (Å²) in [6, 6.07) is 10.9. The molecule has 1 aliphatic rings. The third-order valence-electron chi connectivity index (χ3n) is 4.30. The molecule has 1 fully saturated rings. The van der Waals surface area contributed by atoms with E-state index in [0.29, 0.717) is 13.0 Å². The number of carbonyl (C=O) groups excluding carboxylic acids is 2. The predicted molar refractivity (Wildman–Crippen MR) is 109 cm³/mol. The van der Waals surface area contributed by atoms with Gasteiger partial charge in [0.05, 0.1) is 0 Å². The topological polar surface area (TPSA) is 117 Å². The summed E-state index contributed by atoms with van der Waals surface area (Å²) in [4.78, 5) is 37.0. The van der Waals surface area contributed by atoms with Gasteiger partial charge < -0.3 is 15.7 Å². The molecule has 1 saturated heterocycles. The Bertz CT molecular complexity index is 801. The fourth-order valence-electron chi connectivity index (χ4n) is 2.79. The van der Waals surface area contributed by atoms with Crippen molar-refractivity contribution in [2.45, 2.75) is 31.0 Å². The van der Waals surface area contributed by atoms with Gasteiger partial charge in [-0.2, -0.15) is 0 Å². The Morgan fingerprint density at radius 3 is 2.46 bits per heavy atom. The number of rotatable bonds is 9. The number of carboxylic acids is 1. The molecule has 0 unspecified atom stereocenters. The molecule has 4 N–H and O–H groups in total. The van der Waals surface area contributed by atoms with Crippen LogP contribution in [0.5, 0.6) is 0 Å². The van der Waals surface area contributed by atoms with Crippen LogP contribution in [0.1, 0.15) is 10.4 Å². The number of hydrogen-bond donors (Lipinski definition) is 4. The van der Waals surface area contributed by atoms with Gasteiger partial charge in [-0.15, -0.1) is 11.3 Å². The van der Waals surface area contributed by atoms with E-state index in [1.807, 2.05) is 47.8 Å². The average molecular weight is 411 g/mol. The SMILES string of the molecule is O=C(NCCc1cccs1)[C@H](Cc1ccccc1)NC(=O)[C@H]1N[C@@H]1C(=O)O.[NaH]. The summed E-state index contributed by atoms with van der Waals surface area (Å²) in [5.41, 5.74) is 0.912. The number of aliphatic carboxylic acids is 1. The van der Waals surface area contributed by atoms with Crippen LogP contribution in [-0.4, -0.2) is 77.1 Å². The molecular weight excluding hydrogens is 389 g/mol. The van der Waals surface area contributed by atoms with Crippen molar-refractivity contribution in [2.24, 2.45) is 0 Å².